The summed E-state index contributed by atoms with van der Waals surface area (Å²) in [5.41, 5.74) is 0. The van der Waals surface area contributed by atoms with Gasteiger partial charge < -0.3 is 0 Å². The molecule has 4 nitrogen and oxygen atoms in total. The smallest absolute Gasteiger partial charge is 0.248 e. The van der Waals surface area contributed by atoms with Gasteiger partial charge in [0, 0.05) is 0 Å². The predicted molar refractivity (Wildman–Crippen MR) is 133 cm³/mol. The lowest BCUT2D eigenvalue weighted by Crippen LogP contribution is -2.14. The molecule has 0 bridgehead atoms. The fourth-order valence-electron chi connectivity index (χ4n) is 4.13. The molecule has 0 aliphatic carbocycles. The Labute approximate surface area is 195 Å². The van der Waals surface area contributed by atoms with E-state index in [1.807, 2.05) is 0 Å². The van der Waals surface area contributed by atoms with Crippen LogP contribution in [-0.4, -0.2) is 21.6 Å². The van der Waals surface area contributed by atoms with Crippen molar-refractivity contribution in [3.8, 4) is 0 Å². The lowest BCUT2D eigenvalue weighted by molar-refractivity contribution is 0.202. The molecular weight excluding hydrogens is 408 g/mol. The number of rotatable bonds is 20. The van der Waals surface area contributed by atoms with Crippen molar-refractivity contribution in [2.45, 2.75) is 120 Å². The summed E-state index contributed by atoms with van der Waals surface area (Å²) in [7, 11) is -3.85. The maximum Gasteiger partial charge on any atom is 0.399 e. The summed E-state index contributed by atoms with van der Waals surface area (Å²) in [5, 5.41) is 0. The first-order chi connectivity index (χ1) is 14.5. The Morgan fingerprint density at radius 2 is 0.935 bits per heavy atom. The van der Waals surface area contributed by atoms with Crippen molar-refractivity contribution in [3.05, 3.63) is 0 Å². The zero-order valence-electron chi connectivity index (χ0n) is 22.0. The SMILES string of the molecule is CCC(C)CC(C)C(C)CCCCOS(=O)(=O)OCCCCC(C)C(C)CC(C)CC. The van der Waals surface area contributed by atoms with E-state index < -0.39 is 10.4 Å². The molecule has 188 valence electrons. The summed E-state index contributed by atoms with van der Waals surface area (Å²) in [6, 6.07) is 0. The standard InChI is InChI=1S/C26H54O4S/c1-9-21(3)19-25(7)23(5)15-11-13-17-29-31(27,28)30-18-14-12-16-24(6)26(8)20-22(4)10-2/h21-26H,9-20H2,1-8H3. The molecule has 6 atom stereocenters. The van der Waals surface area contributed by atoms with Crippen LogP contribution in [0.25, 0.3) is 0 Å². The van der Waals surface area contributed by atoms with Gasteiger partial charge in [0.05, 0.1) is 13.2 Å². The molecule has 31 heavy (non-hydrogen) atoms. The van der Waals surface area contributed by atoms with Gasteiger partial charge in [0.25, 0.3) is 0 Å². The fourth-order valence-corrected chi connectivity index (χ4v) is 4.84. The minimum Gasteiger partial charge on any atom is -0.248 e. The van der Waals surface area contributed by atoms with Crippen LogP contribution in [0.15, 0.2) is 0 Å². The van der Waals surface area contributed by atoms with E-state index in [4.69, 9.17) is 8.37 Å². The van der Waals surface area contributed by atoms with Gasteiger partial charge in [-0.05, 0) is 61.2 Å². The zero-order valence-corrected chi connectivity index (χ0v) is 22.8. The third-order valence-corrected chi connectivity index (χ3v) is 8.36. The van der Waals surface area contributed by atoms with Crippen molar-refractivity contribution in [1.82, 2.24) is 0 Å². The van der Waals surface area contributed by atoms with Crippen LogP contribution >= 0.6 is 0 Å². The van der Waals surface area contributed by atoms with Crippen LogP contribution in [0.5, 0.6) is 0 Å². The van der Waals surface area contributed by atoms with Crippen LogP contribution in [0.3, 0.4) is 0 Å². The van der Waals surface area contributed by atoms with E-state index in [1.165, 1.54) is 25.7 Å². The number of hydrogen-bond donors (Lipinski definition) is 0. The van der Waals surface area contributed by atoms with Crippen molar-refractivity contribution < 1.29 is 16.8 Å². The monoisotopic (exact) mass is 462 g/mol. The Morgan fingerprint density at radius 1 is 0.581 bits per heavy atom. The van der Waals surface area contributed by atoms with Crippen LogP contribution in [0.2, 0.25) is 0 Å². The van der Waals surface area contributed by atoms with E-state index in [1.54, 1.807) is 0 Å². The molecule has 6 unspecified atom stereocenters. The van der Waals surface area contributed by atoms with Crippen LogP contribution in [0, 0.1) is 35.5 Å². The van der Waals surface area contributed by atoms with Gasteiger partial charge in [0.2, 0.25) is 0 Å². The highest BCUT2D eigenvalue weighted by Crippen LogP contribution is 2.26. The van der Waals surface area contributed by atoms with E-state index in [0.29, 0.717) is 23.7 Å². The highest BCUT2D eigenvalue weighted by Gasteiger charge is 2.17. The molecule has 0 aromatic heterocycles. The molecule has 0 heterocycles. The van der Waals surface area contributed by atoms with Crippen molar-refractivity contribution in [2.75, 3.05) is 13.2 Å². The summed E-state index contributed by atoms with van der Waals surface area (Å²) < 4.78 is 33.9. The zero-order chi connectivity index (χ0) is 23.9. The van der Waals surface area contributed by atoms with Gasteiger partial charge >= 0.3 is 10.4 Å². The molecule has 5 heteroatoms. The first-order valence-corrected chi connectivity index (χ1v) is 14.4. The van der Waals surface area contributed by atoms with Gasteiger partial charge in [-0.25, -0.2) is 8.37 Å². The first kappa shape index (κ1) is 30.9. The lowest BCUT2D eigenvalue weighted by atomic mass is 9.84. The summed E-state index contributed by atoms with van der Waals surface area (Å²) in [6.07, 6.45) is 10.8. The largest absolute Gasteiger partial charge is 0.399 e. The molecule has 0 radical (unpaired) electrons. The molecule has 0 N–H and O–H groups in total. The number of hydrogen-bond acceptors (Lipinski definition) is 4. The van der Waals surface area contributed by atoms with Gasteiger partial charge in [-0.3, -0.25) is 0 Å². The average molecular weight is 463 g/mol. The minimum atomic E-state index is -3.85. The van der Waals surface area contributed by atoms with Crippen molar-refractivity contribution >= 4 is 10.4 Å². The van der Waals surface area contributed by atoms with Crippen LogP contribution in [0.4, 0.5) is 0 Å². The summed E-state index contributed by atoms with van der Waals surface area (Å²) in [4.78, 5) is 0. The Kier molecular flexibility index (Phi) is 17.3. The third-order valence-electron chi connectivity index (χ3n) is 7.45. The molecule has 0 amide bonds. The molecule has 0 saturated heterocycles. The third kappa shape index (κ3) is 16.2. The summed E-state index contributed by atoms with van der Waals surface area (Å²) in [6.45, 7) is 18.8. The second kappa shape index (κ2) is 17.4. The Bertz CT molecular complexity index is 480. The molecule has 0 aromatic rings. The molecule has 0 aliphatic rings. The second-order valence-corrected chi connectivity index (χ2v) is 11.7. The van der Waals surface area contributed by atoms with Crippen molar-refractivity contribution in [3.63, 3.8) is 0 Å². The Balaban J connectivity index is 3.86. The van der Waals surface area contributed by atoms with Gasteiger partial charge in [-0.2, -0.15) is 8.42 Å². The number of unbranched alkanes of at least 4 members (excludes halogenated alkanes) is 2. The van der Waals surface area contributed by atoms with Gasteiger partial charge in [0.1, 0.15) is 0 Å². The van der Waals surface area contributed by atoms with Gasteiger partial charge in [0.15, 0.2) is 0 Å². The maximum atomic E-state index is 11.9. The minimum absolute atomic E-state index is 0.221. The maximum absolute atomic E-state index is 11.9. The van der Waals surface area contributed by atoms with Crippen molar-refractivity contribution in [2.24, 2.45) is 35.5 Å². The van der Waals surface area contributed by atoms with Crippen LogP contribution < -0.4 is 0 Å². The molecule has 0 spiro atoms. The van der Waals surface area contributed by atoms with Crippen LogP contribution in [-0.2, 0) is 18.8 Å². The predicted octanol–water partition coefficient (Wildman–Crippen LogP) is 8.02. The van der Waals surface area contributed by atoms with E-state index in [-0.39, 0.29) is 13.2 Å². The molecule has 0 saturated carbocycles. The van der Waals surface area contributed by atoms with Gasteiger partial charge in [-0.1, -0.05) is 93.9 Å². The normalized spacial score (nSPS) is 18.3. The van der Waals surface area contributed by atoms with Crippen molar-refractivity contribution in [1.29, 1.82) is 0 Å². The molecular formula is C26H54O4S. The van der Waals surface area contributed by atoms with E-state index in [0.717, 1.165) is 50.4 Å². The lowest BCUT2D eigenvalue weighted by Gasteiger charge is -2.22. The molecule has 0 aliphatic heterocycles. The molecule has 0 fully saturated rings. The van der Waals surface area contributed by atoms with E-state index in [9.17, 15) is 8.42 Å². The quantitative estimate of drug-likeness (QED) is 0.172. The van der Waals surface area contributed by atoms with E-state index >= 15 is 0 Å². The first-order valence-electron chi connectivity index (χ1n) is 13.1. The molecule has 0 aromatic carbocycles. The topological polar surface area (TPSA) is 52.6 Å². The molecule has 0 rings (SSSR count). The van der Waals surface area contributed by atoms with Gasteiger partial charge in [-0.15, -0.1) is 0 Å². The fraction of sp³-hybridized carbons (Fsp3) is 1.00. The highest BCUT2D eigenvalue weighted by atomic mass is 32.3. The Hall–Kier alpha value is -0.130. The average Bonchev–Trinajstić information content (AvgIpc) is 2.72. The second-order valence-electron chi connectivity index (χ2n) is 10.5. The Morgan fingerprint density at radius 3 is 1.26 bits per heavy atom. The van der Waals surface area contributed by atoms with Crippen LogP contribution in [0.1, 0.15) is 120 Å². The summed E-state index contributed by atoms with van der Waals surface area (Å²) in [5.74, 6) is 4.31. The summed E-state index contributed by atoms with van der Waals surface area (Å²) >= 11 is 0. The van der Waals surface area contributed by atoms with E-state index in [2.05, 4.69) is 55.4 Å². The highest BCUT2D eigenvalue weighted by molar-refractivity contribution is 7.81.